The van der Waals surface area contributed by atoms with Gasteiger partial charge in [-0.15, -0.1) is 5.10 Å². The quantitative estimate of drug-likeness (QED) is 0.637. The summed E-state index contributed by atoms with van der Waals surface area (Å²) in [4.78, 5) is 24.8. The maximum atomic E-state index is 13.9. The largest absolute Gasteiger partial charge is 0.462 e. The molecule has 0 radical (unpaired) electrons. The monoisotopic (exact) mass is 394 g/mol. The number of aliphatic hydroxyl groups excluding tert-OH is 1. The van der Waals surface area contributed by atoms with E-state index in [1.165, 1.54) is 16.9 Å². The summed E-state index contributed by atoms with van der Waals surface area (Å²) in [5, 5.41) is 16.7. The summed E-state index contributed by atoms with van der Waals surface area (Å²) in [6, 6.07) is 2.32. The minimum absolute atomic E-state index is 0.00482. The van der Waals surface area contributed by atoms with Crippen LogP contribution in [0, 0.1) is 5.82 Å². The number of fused-ring (bicyclic) bond motifs is 1. The molecule has 0 amide bonds. The van der Waals surface area contributed by atoms with Gasteiger partial charge in [-0.3, -0.25) is 4.79 Å². The van der Waals surface area contributed by atoms with Gasteiger partial charge in [-0.2, -0.15) is 0 Å². The lowest BCUT2D eigenvalue weighted by molar-refractivity contribution is 0.0524. The standard InChI is InChI=1S/C17H16ClFN4O4/c1-2-27-17(26)12-9-22(7-10-8-23(3-4-24)21-20-10)15-6-13(18)14(19)5-11(15)16(12)25/h5-6,8-9,24H,2-4,7H2,1H3. The Bertz CT molecular complexity index is 1060. The summed E-state index contributed by atoms with van der Waals surface area (Å²) in [7, 11) is 0. The lowest BCUT2D eigenvalue weighted by atomic mass is 10.1. The zero-order chi connectivity index (χ0) is 19.6. The van der Waals surface area contributed by atoms with Crippen molar-refractivity contribution in [2.45, 2.75) is 20.0 Å². The van der Waals surface area contributed by atoms with Gasteiger partial charge in [-0.1, -0.05) is 16.8 Å². The summed E-state index contributed by atoms with van der Waals surface area (Å²) < 4.78 is 21.8. The Balaban J connectivity index is 2.16. The molecule has 0 saturated carbocycles. The molecule has 0 unspecified atom stereocenters. The number of hydrogen-bond donors (Lipinski definition) is 1. The number of carbonyl (C=O) groups is 1. The minimum Gasteiger partial charge on any atom is -0.462 e. The van der Waals surface area contributed by atoms with Crippen LogP contribution in [0.1, 0.15) is 23.0 Å². The fourth-order valence-corrected chi connectivity index (χ4v) is 2.83. The molecule has 0 spiro atoms. The van der Waals surface area contributed by atoms with Crippen LogP contribution in [0.25, 0.3) is 10.9 Å². The van der Waals surface area contributed by atoms with Gasteiger partial charge in [-0.05, 0) is 19.1 Å². The van der Waals surface area contributed by atoms with E-state index in [0.717, 1.165) is 6.07 Å². The Morgan fingerprint density at radius 2 is 2.15 bits per heavy atom. The normalized spacial score (nSPS) is 11.1. The van der Waals surface area contributed by atoms with Crippen LogP contribution < -0.4 is 5.43 Å². The van der Waals surface area contributed by atoms with Gasteiger partial charge in [0.2, 0.25) is 5.43 Å². The van der Waals surface area contributed by atoms with Crippen molar-refractivity contribution in [1.29, 1.82) is 0 Å². The predicted molar refractivity (Wildman–Crippen MR) is 95.3 cm³/mol. The molecule has 0 bridgehead atoms. The first-order valence-electron chi connectivity index (χ1n) is 8.13. The molecule has 0 aliphatic heterocycles. The lowest BCUT2D eigenvalue weighted by Crippen LogP contribution is -2.21. The SMILES string of the molecule is CCOC(=O)c1cn(Cc2cn(CCO)nn2)c2cc(Cl)c(F)cc2c1=O. The number of aromatic nitrogens is 4. The molecular weight excluding hydrogens is 379 g/mol. The van der Waals surface area contributed by atoms with Crippen LogP contribution in [-0.2, 0) is 17.8 Å². The van der Waals surface area contributed by atoms with Gasteiger partial charge in [0.25, 0.3) is 0 Å². The summed E-state index contributed by atoms with van der Waals surface area (Å²) in [6.07, 6.45) is 2.96. The Kier molecular flexibility index (Phi) is 5.52. The van der Waals surface area contributed by atoms with E-state index in [-0.39, 0.29) is 42.3 Å². The fraction of sp³-hybridized carbons (Fsp3) is 0.294. The highest BCUT2D eigenvalue weighted by atomic mass is 35.5. The first-order chi connectivity index (χ1) is 12.9. The number of rotatable bonds is 6. The summed E-state index contributed by atoms with van der Waals surface area (Å²) in [5.74, 6) is -1.56. The van der Waals surface area contributed by atoms with Crippen molar-refractivity contribution < 1.29 is 19.0 Å². The van der Waals surface area contributed by atoms with Crippen LogP contribution in [0.4, 0.5) is 4.39 Å². The van der Waals surface area contributed by atoms with Crippen molar-refractivity contribution in [1.82, 2.24) is 19.6 Å². The third kappa shape index (κ3) is 3.83. The van der Waals surface area contributed by atoms with Gasteiger partial charge in [0.05, 0.1) is 43.0 Å². The molecule has 3 aromatic rings. The average molecular weight is 395 g/mol. The smallest absolute Gasteiger partial charge is 0.343 e. The van der Waals surface area contributed by atoms with Crippen LogP contribution in [0.3, 0.4) is 0 Å². The molecule has 2 aromatic heterocycles. The predicted octanol–water partition coefficient (Wildman–Crippen LogP) is 1.60. The molecule has 0 fully saturated rings. The molecule has 3 rings (SSSR count). The number of aliphatic hydroxyl groups is 1. The van der Waals surface area contributed by atoms with Crippen LogP contribution in [0.5, 0.6) is 0 Å². The molecule has 10 heteroatoms. The van der Waals surface area contributed by atoms with Gasteiger partial charge < -0.3 is 14.4 Å². The van der Waals surface area contributed by atoms with Crippen molar-refractivity contribution in [2.75, 3.05) is 13.2 Å². The molecule has 27 heavy (non-hydrogen) atoms. The van der Waals surface area contributed by atoms with E-state index in [1.807, 2.05) is 0 Å². The maximum Gasteiger partial charge on any atom is 0.343 e. The molecule has 0 atom stereocenters. The summed E-state index contributed by atoms with van der Waals surface area (Å²) in [5.41, 5.74) is 0.00726. The molecule has 0 aliphatic carbocycles. The molecule has 142 valence electrons. The van der Waals surface area contributed by atoms with Crippen molar-refractivity contribution >= 4 is 28.5 Å². The van der Waals surface area contributed by atoms with E-state index in [1.54, 1.807) is 17.7 Å². The lowest BCUT2D eigenvalue weighted by Gasteiger charge is -2.12. The highest BCUT2D eigenvalue weighted by Crippen LogP contribution is 2.22. The Hall–Kier alpha value is -2.78. The third-order valence-corrected chi connectivity index (χ3v) is 4.15. The van der Waals surface area contributed by atoms with E-state index in [2.05, 4.69) is 10.3 Å². The third-order valence-electron chi connectivity index (χ3n) is 3.87. The molecule has 0 saturated heterocycles. The highest BCUT2D eigenvalue weighted by molar-refractivity contribution is 6.31. The second-order valence-corrected chi connectivity index (χ2v) is 6.11. The Labute approximate surface area is 157 Å². The van der Waals surface area contributed by atoms with Crippen LogP contribution in [0.15, 0.2) is 29.3 Å². The van der Waals surface area contributed by atoms with E-state index >= 15 is 0 Å². The number of carbonyl (C=O) groups excluding carboxylic acids is 1. The van der Waals surface area contributed by atoms with Crippen LogP contribution in [-0.4, -0.2) is 43.9 Å². The van der Waals surface area contributed by atoms with Gasteiger partial charge in [-0.25, -0.2) is 13.9 Å². The van der Waals surface area contributed by atoms with E-state index in [0.29, 0.717) is 11.2 Å². The number of nitrogens with zero attached hydrogens (tertiary/aromatic N) is 4. The van der Waals surface area contributed by atoms with Gasteiger partial charge in [0.15, 0.2) is 0 Å². The first-order valence-corrected chi connectivity index (χ1v) is 8.51. The fourth-order valence-electron chi connectivity index (χ4n) is 2.67. The van der Waals surface area contributed by atoms with Crippen LogP contribution in [0.2, 0.25) is 5.02 Å². The number of esters is 1. The Morgan fingerprint density at radius 3 is 2.85 bits per heavy atom. The van der Waals surface area contributed by atoms with Crippen molar-refractivity contribution in [3.8, 4) is 0 Å². The maximum absolute atomic E-state index is 13.9. The summed E-state index contributed by atoms with van der Waals surface area (Å²) >= 11 is 5.87. The molecule has 0 aliphatic rings. The second-order valence-electron chi connectivity index (χ2n) is 5.70. The zero-order valence-corrected chi connectivity index (χ0v) is 15.1. The molecular formula is C17H16ClFN4O4. The van der Waals surface area contributed by atoms with Crippen LogP contribution >= 0.6 is 11.6 Å². The Morgan fingerprint density at radius 1 is 1.37 bits per heavy atom. The summed E-state index contributed by atoms with van der Waals surface area (Å²) in [6.45, 7) is 2.06. The zero-order valence-electron chi connectivity index (χ0n) is 14.4. The van der Waals surface area contributed by atoms with Gasteiger partial charge in [0, 0.05) is 11.6 Å². The molecule has 1 N–H and O–H groups in total. The van der Waals surface area contributed by atoms with Gasteiger partial charge >= 0.3 is 5.97 Å². The van der Waals surface area contributed by atoms with Crippen molar-refractivity contribution in [3.05, 3.63) is 56.8 Å². The van der Waals surface area contributed by atoms with Crippen molar-refractivity contribution in [2.24, 2.45) is 0 Å². The number of halogens is 2. The topological polar surface area (TPSA) is 99.2 Å². The van der Waals surface area contributed by atoms with Gasteiger partial charge in [0.1, 0.15) is 17.1 Å². The number of ether oxygens (including phenoxy) is 1. The molecule has 1 aromatic carbocycles. The number of hydrogen-bond acceptors (Lipinski definition) is 6. The van der Waals surface area contributed by atoms with Crippen molar-refractivity contribution in [3.63, 3.8) is 0 Å². The highest BCUT2D eigenvalue weighted by Gasteiger charge is 2.19. The van der Waals surface area contributed by atoms with E-state index in [4.69, 9.17) is 21.4 Å². The molecule has 8 nitrogen and oxygen atoms in total. The first kappa shape index (κ1) is 19.0. The average Bonchev–Trinajstić information content (AvgIpc) is 3.06. The number of benzene rings is 1. The minimum atomic E-state index is -0.794. The number of pyridine rings is 1. The molecule has 2 heterocycles. The second kappa shape index (κ2) is 7.85. The van der Waals surface area contributed by atoms with E-state index in [9.17, 15) is 14.0 Å². The van der Waals surface area contributed by atoms with E-state index < -0.39 is 17.2 Å².